The fourth-order valence-corrected chi connectivity index (χ4v) is 3.14. The number of imide groups is 1. The van der Waals surface area contributed by atoms with Gasteiger partial charge in [-0.25, -0.2) is 0 Å². The lowest BCUT2D eigenvalue weighted by Crippen LogP contribution is -2.43. The third-order valence-corrected chi connectivity index (χ3v) is 4.78. The monoisotopic (exact) mass is 382 g/mol. The lowest BCUT2D eigenvalue weighted by molar-refractivity contribution is -0.140. The molecule has 0 bridgehead atoms. The minimum atomic E-state index is -0.508. The number of hydrogen-bond acceptors (Lipinski definition) is 5. The van der Waals surface area contributed by atoms with Crippen LogP contribution in [-0.2, 0) is 9.59 Å². The van der Waals surface area contributed by atoms with Crippen LogP contribution in [0, 0.1) is 11.3 Å². The number of rotatable bonds is 8. The first kappa shape index (κ1) is 21.2. The number of nitrogens with zero attached hydrogens (tertiary/aromatic N) is 2. The summed E-state index contributed by atoms with van der Waals surface area (Å²) in [6, 6.07) is 7.25. The van der Waals surface area contributed by atoms with Crippen LogP contribution in [0.15, 0.2) is 34.9 Å². The molecule has 0 aliphatic carbocycles. The van der Waals surface area contributed by atoms with Crippen LogP contribution in [0.1, 0.15) is 45.1 Å². The highest BCUT2D eigenvalue weighted by molar-refractivity contribution is 6.19. The Bertz CT molecular complexity index is 862. The largest absolute Gasteiger partial charge is 0.493 e. The minimum Gasteiger partial charge on any atom is -0.493 e. The van der Waals surface area contributed by atoms with Crippen molar-refractivity contribution in [2.75, 3.05) is 20.8 Å². The molecule has 0 N–H and O–H groups in total. The fourth-order valence-electron chi connectivity index (χ4n) is 3.14. The van der Waals surface area contributed by atoms with E-state index in [9.17, 15) is 14.9 Å². The molecule has 0 aromatic heterocycles. The zero-order chi connectivity index (χ0) is 20.7. The highest BCUT2D eigenvalue weighted by atomic mass is 16.5. The molecular formula is C22H26N2O4. The van der Waals surface area contributed by atoms with Gasteiger partial charge in [0.2, 0.25) is 0 Å². The van der Waals surface area contributed by atoms with E-state index >= 15 is 0 Å². The first-order valence-electron chi connectivity index (χ1n) is 9.39. The summed E-state index contributed by atoms with van der Waals surface area (Å²) in [5.41, 5.74) is 1.48. The number of methoxy groups -OCH3 is 2. The summed E-state index contributed by atoms with van der Waals surface area (Å²) in [6.07, 6.45) is 5.46. The third-order valence-electron chi connectivity index (χ3n) is 4.78. The fraction of sp³-hybridized carbons (Fsp3) is 0.409. The molecule has 0 saturated heterocycles. The predicted molar refractivity (Wildman–Crippen MR) is 107 cm³/mol. The van der Waals surface area contributed by atoms with Crippen molar-refractivity contribution in [1.29, 1.82) is 5.26 Å². The average Bonchev–Trinajstić information content (AvgIpc) is 2.70. The number of amides is 2. The molecule has 1 aliphatic rings. The smallest absolute Gasteiger partial charge is 0.271 e. The van der Waals surface area contributed by atoms with Gasteiger partial charge in [0, 0.05) is 12.1 Å². The Morgan fingerprint density at radius 2 is 1.79 bits per heavy atom. The predicted octanol–water partition coefficient (Wildman–Crippen LogP) is 3.88. The van der Waals surface area contributed by atoms with Crippen molar-refractivity contribution in [3.05, 3.63) is 40.5 Å². The van der Waals surface area contributed by atoms with Crippen LogP contribution in [0.5, 0.6) is 11.5 Å². The van der Waals surface area contributed by atoms with E-state index in [4.69, 9.17) is 9.47 Å². The Hall–Kier alpha value is -3.07. The zero-order valence-corrected chi connectivity index (χ0v) is 16.9. The van der Waals surface area contributed by atoms with Crippen molar-refractivity contribution in [2.24, 2.45) is 0 Å². The molecule has 1 aromatic carbocycles. The molecule has 1 aromatic rings. The van der Waals surface area contributed by atoms with Gasteiger partial charge in [-0.3, -0.25) is 14.5 Å². The molecule has 0 atom stereocenters. The first-order chi connectivity index (χ1) is 13.5. The van der Waals surface area contributed by atoms with Crippen LogP contribution >= 0.6 is 0 Å². The second-order valence-electron chi connectivity index (χ2n) is 6.61. The minimum absolute atomic E-state index is 0.0156. The Labute approximate surface area is 166 Å². The van der Waals surface area contributed by atoms with Crippen LogP contribution in [0.3, 0.4) is 0 Å². The number of hydrogen-bond donors (Lipinski definition) is 0. The van der Waals surface area contributed by atoms with Gasteiger partial charge in [-0.2, -0.15) is 5.26 Å². The van der Waals surface area contributed by atoms with Crippen LogP contribution in [0.25, 0.3) is 6.08 Å². The molecule has 148 valence electrons. The van der Waals surface area contributed by atoms with Gasteiger partial charge >= 0.3 is 0 Å². The summed E-state index contributed by atoms with van der Waals surface area (Å²) >= 11 is 0. The lowest BCUT2D eigenvalue weighted by atomic mass is 9.93. The molecule has 28 heavy (non-hydrogen) atoms. The quantitative estimate of drug-likeness (QED) is 0.387. The van der Waals surface area contributed by atoms with Crippen molar-refractivity contribution >= 4 is 17.9 Å². The summed E-state index contributed by atoms with van der Waals surface area (Å²) in [6.45, 7) is 4.05. The van der Waals surface area contributed by atoms with E-state index in [1.165, 1.54) is 12.0 Å². The first-order valence-corrected chi connectivity index (χ1v) is 9.39. The highest BCUT2D eigenvalue weighted by Crippen LogP contribution is 2.31. The number of carbonyl (C=O) groups excluding carboxylic acids is 2. The topological polar surface area (TPSA) is 79.6 Å². The maximum absolute atomic E-state index is 13.0. The molecule has 0 saturated carbocycles. The molecule has 1 heterocycles. The number of unbranched alkanes of at least 4 members (excludes halogenated alkanes) is 3. The maximum Gasteiger partial charge on any atom is 0.271 e. The SMILES string of the molecule is CCCCCCN1C(=O)C(C#N)=C(C)/C(=C\c2ccc(OC)c(OC)c2)C1=O. The van der Waals surface area contributed by atoms with Crippen molar-refractivity contribution in [2.45, 2.75) is 39.5 Å². The van der Waals surface area contributed by atoms with E-state index in [0.717, 1.165) is 31.2 Å². The highest BCUT2D eigenvalue weighted by Gasteiger charge is 2.35. The number of carbonyl (C=O) groups is 2. The Morgan fingerprint density at radius 1 is 1.07 bits per heavy atom. The molecule has 0 spiro atoms. The molecule has 0 unspecified atom stereocenters. The summed E-state index contributed by atoms with van der Waals surface area (Å²) in [7, 11) is 3.09. The molecular weight excluding hydrogens is 356 g/mol. The van der Waals surface area contributed by atoms with E-state index < -0.39 is 5.91 Å². The van der Waals surface area contributed by atoms with Gasteiger partial charge in [0.05, 0.1) is 14.2 Å². The van der Waals surface area contributed by atoms with Crippen LogP contribution in [0.4, 0.5) is 0 Å². The molecule has 1 aliphatic heterocycles. The Morgan fingerprint density at radius 3 is 2.39 bits per heavy atom. The van der Waals surface area contributed by atoms with E-state index in [-0.39, 0.29) is 11.5 Å². The van der Waals surface area contributed by atoms with Gasteiger partial charge in [0.25, 0.3) is 11.8 Å². The van der Waals surface area contributed by atoms with E-state index in [1.54, 1.807) is 38.3 Å². The normalized spacial score (nSPS) is 15.8. The van der Waals surface area contributed by atoms with Crippen molar-refractivity contribution in [3.63, 3.8) is 0 Å². The van der Waals surface area contributed by atoms with E-state index in [2.05, 4.69) is 6.92 Å². The maximum atomic E-state index is 13.0. The van der Waals surface area contributed by atoms with Gasteiger partial charge in [-0.1, -0.05) is 32.3 Å². The molecule has 6 heteroatoms. The van der Waals surface area contributed by atoms with E-state index in [1.807, 2.05) is 6.07 Å². The van der Waals surface area contributed by atoms with Gasteiger partial charge < -0.3 is 9.47 Å². The lowest BCUT2D eigenvalue weighted by Gasteiger charge is -2.27. The average molecular weight is 382 g/mol. The van der Waals surface area contributed by atoms with E-state index in [0.29, 0.717) is 29.2 Å². The molecule has 6 nitrogen and oxygen atoms in total. The summed E-state index contributed by atoms with van der Waals surface area (Å²) < 4.78 is 10.5. The number of ether oxygens (including phenoxy) is 2. The van der Waals surface area contributed by atoms with Crippen molar-refractivity contribution < 1.29 is 19.1 Å². The Kier molecular flexibility index (Phi) is 7.39. The van der Waals surface area contributed by atoms with Gasteiger partial charge in [0.1, 0.15) is 11.6 Å². The summed E-state index contributed by atoms with van der Waals surface area (Å²) in [5, 5.41) is 9.45. The van der Waals surface area contributed by atoms with Gasteiger partial charge in [-0.05, 0) is 42.7 Å². The van der Waals surface area contributed by atoms with Crippen LogP contribution in [-0.4, -0.2) is 37.5 Å². The number of benzene rings is 1. The van der Waals surface area contributed by atoms with Crippen molar-refractivity contribution in [3.8, 4) is 17.6 Å². The number of nitriles is 1. The second kappa shape index (κ2) is 9.75. The van der Waals surface area contributed by atoms with Gasteiger partial charge in [0.15, 0.2) is 11.5 Å². The molecule has 0 fully saturated rings. The summed E-state index contributed by atoms with van der Waals surface area (Å²) in [4.78, 5) is 26.8. The van der Waals surface area contributed by atoms with Crippen molar-refractivity contribution in [1.82, 2.24) is 4.90 Å². The van der Waals surface area contributed by atoms with Gasteiger partial charge in [-0.15, -0.1) is 0 Å². The molecule has 2 rings (SSSR count). The van der Waals surface area contributed by atoms with Crippen LogP contribution < -0.4 is 9.47 Å². The second-order valence-corrected chi connectivity index (χ2v) is 6.61. The molecule has 2 amide bonds. The zero-order valence-electron chi connectivity index (χ0n) is 16.9. The Balaban J connectivity index is 2.42. The molecule has 0 radical (unpaired) electrons. The standard InChI is InChI=1S/C22H26N2O4/c1-5-6-7-8-11-24-21(25)17(15(2)18(14-23)22(24)26)12-16-9-10-19(27-3)20(13-16)28-4/h9-10,12-13H,5-8,11H2,1-4H3/b17-12+. The van der Waals surface area contributed by atoms with Crippen LogP contribution in [0.2, 0.25) is 0 Å². The summed E-state index contributed by atoms with van der Waals surface area (Å²) in [5.74, 6) is 0.241. The third kappa shape index (κ3) is 4.42.